The average Bonchev–Trinajstić information content (AvgIpc) is 3.24. The van der Waals surface area contributed by atoms with E-state index in [1.807, 2.05) is 36.6 Å². The minimum Gasteiger partial charge on any atom is -0.449 e. The Labute approximate surface area is 181 Å². The van der Waals surface area contributed by atoms with E-state index >= 15 is 0 Å². The molecule has 1 N–H and O–H groups in total. The molecule has 0 bridgehead atoms. The van der Waals surface area contributed by atoms with Crippen LogP contribution in [0.1, 0.15) is 5.56 Å². The number of benzene rings is 3. The smallest absolute Gasteiger partial charge is 0.449 e. The van der Waals surface area contributed by atoms with Gasteiger partial charge < -0.3 is 9.84 Å². The van der Waals surface area contributed by atoms with Crippen LogP contribution in [0.15, 0.2) is 72.1 Å². The maximum Gasteiger partial charge on any atom is 0.511 e. The minimum atomic E-state index is -1.50. The summed E-state index contributed by atoms with van der Waals surface area (Å²) >= 11 is 1.42. The van der Waals surface area contributed by atoms with Crippen LogP contribution >= 0.6 is 11.3 Å². The number of para-hydroxylation sites is 1. The fraction of sp³-hybridized carbons (Fsp3) is 0.0435. The van der Waals surface area contributed by atoms with E-state index in [2.05, 4.69) is 4.98 Å². The third kappa shape index (κ3) is 4.29. The van der Waals surface area contributed by atoms with Gasteiger partial charge in [0, 0.05) is 28.1 Å². The van der Waals surface area contributed by atoms with Crippen molar-refractivity contribution < 1.29 is 19.6 Å². The molecule has 0 atom stereocenters. The Kier molecular flexibility index (Phi) is 5.46. The highest BCUT2D eigenvalue weighted by Crippen LogP contribution is 2.39. The number of rotatable bonds is 5. The second-order valence-electron chi connectivity index (χ2n) is 6.76. The van der Waals surface area contributed by atoms with Gasteiger partial charge in [-0.25, -0.2) is 9.78 Å². The highest BCUT2D eigenvalue weighted by molar-refractivity contribution is 7.13. The van der Waals surface area contributed by atoms with Gasteiger partial charge in [-0.1, -0.05) is 48.0 Å². The number of hydrogen-bond acceptors (Lipinski definition) is 6. The molecule has 0 aliphatic carbocycles. The van der Waals surface area contributed by atoms with Gasteiger partial charge in [0.2, 0.25) is 0 Å². The first kappa shape index (κ1) is 20.2. The van der Waals surface area contributed by atoms with Gasteiger partial charge in [-0.15, -0.1) is 11.3 Å². The van der Waals surface area contributed by atoms with Gasteiger partial charge in [-0.2, -0.15) is 0 Å². The quantitative estimate of drug-likeness (QED) is 0.169. The number of thiazole rings is 1. The lowest BCUT2D eigenvalue weighted by molar-refractivity contribution is -0.384. The minimum absolute atomic E-state index is 0.00591. The summed E-state index contributed by atoms with van der Waals surface area (Å²) in [6, 6.07) is 19.0. The Morgan fingerprint density at radius 3 is 2.45 bits per heavy atom. The zero-order chi connectivity index (χ0) is 22.0. The van der Waals surface area contributed by atoms with Crippen molar-refractivity contribution in [1.82, 2.24) is 4.98 Å². The molecule has 0 saturated heterocycles. The van der Waals surface area contributed by atoms with Crippen LogP contribution in [0.25, 0.3) is 33.0 Å². The molecule has 8 heteroatoms. The third-order valence-corrected chi connectivity index (χ3v) is 5.56. The standard InChI is InChI=1S/C23H16N2O5S/c1-14-6-8-15(9-7-14)19-13-31-22(24-19)16-10-11-18(21(12-16)30-23(26)27)17-4-2-3-5-20(17)25(28)29/h2-13H,1H3,(H,26,27). The monoisotopic (exact) mass is 432 g/mol. The Bertz CT molecular complexity index is 1280. The van der Waals surface area contributed by atoms with E-state index in [4.69, 9.17) is 4.74 Å². The number of nitro benzene ring substituents is 1. The average molecular weight is 432 g/mol. The second kappa shape index (κ2) is 8.37. The fourth-order valence-electron chi connectivity index (χ4n) is 3.18. The molecule has 0 spiro atoms. The molecule has 0 unspecified atom stereocenters. The highest BCUT2D eigenvalue weighted by atomic mass is 32.1. The van der Waals surface area contributed by atoms with E-state index in [1.165, 1.54) is 23.5 Å². The maximum atomic E-state index is 11.4. The summed E-state index contributed by atoms with van der Waals surface area (Å²) in [7, 11) is 0. The zero-order valence-electron chi connectivity index (χ0n) is 16.3. The summed E-state index contributed by atoms with van der Waals surface area (Å²) in [5.74, 6) is 0.00591. The molecule has 31 heavy (non-hydrogen) atoms. The molecular formula is C23H16N2O5S. The second-order valence-corrected chi connectivity index (χ2v) is 7.62. The lowest BCUT2D eigenvalue weighted by Crippen LogP contribution is -2.05. The van der Waals surface area contributed by atoms with Gasteiger partial charge >= 0.3 is 6.16 Å². The summed E-state index contributed by atoms with van der Waals surface area (Å²) in [6.07, 6.45) is -1.50. The van der Waals surface area contributed by atoms with E-state index in [9.17, 15) is 20.0 Å². The van der Waals surface area contributed by atoms with E-state index in [1.54, 1.807) is 30.3 Å². The largest absolute Gasteiger partial charge is 0.511 e. The molecular weight excluding hydrogens is 416 g/mol. The molecule has 1 aromatic heterocycles. The molecule has 0 fully saturated rings. The van der Waals surface area contributed by atoms with Gasteiger partial charge in [0.1, 0.15) is 10.8 Å². The summed E-state index contributed by atoms with van der Waals surface area (Å²) in [4.78, 5) is 26.8. The van der Waals surface area contributed by atoms with E-state index < -0.39 is 11.1 Å². The van der Waals surface area contributed by atoms with Crippen LogP contribution in [-0.2, 0) is 0 Å². The molecule has 0 saturated carbocycles. The van der Waals surface area contributed by atoms with Crippen molar-refractivity contribution in [2.24, 2.45) is 0 Å². The molecule has 0 radical (unpaired) electrons. The van der Waals surface area contributed by atoms with Crippen molar-refractivity contribution in [2.75, 3.05) is 0 Å². The van der Waals surface area contributed by atoms with Crippen LogP contribution in [0, 0.1) is 17.0 Å². The topological polar surface area (TPSA) is 103 Å². The molecule has 7 nitrogen and oxygen atoms in total. The lowest BCUT2D eigenvalue weighted by Gasteiger charge is -2.10. The van der Waals surface area contributed by atoms with Crippen molar-refractivity contribution in [1.29, 1.82) is 0 Å². The molecule has 0 aliphatic heterocycles. The number of nitrogens with zero attached hydrogens (tertiary/aromatic N) is 2. The Balaban J connectivity index is 1.77. The molecule has 0 aliphatic rings. The van der Waals surface area contributed by atoms with Gasteiger partial charge in [0.25, 0.3) is 5.69 Å². The van der Waals surface area contributed by atoms with Crippen molar-refractivity contribution in [3.05, 3.63) is 87.8 Å². The normalized spacial score (nSPS) is 10.6. The van der Waals surface area contributed by atoms with E-state index in [-0.39, 0.29) is 17.0 Å². The van der Waals surface area contributed by atoms with Crippen LogP contribution in [-0.4, -0.2) is 21.2 Å². The van der Waals surface area contributed by atoms with Crippen LogP contribution < -0.4 is 4.74 Å². The van der Waals surface area contributed by atoms with Gasteiger partial charge in [0.05, 0.1) is 16.2 Å². The first-order valence-electron chi connectivity index (χ1n) is 9.24. The number of ether oxygens (including phenoxy) is 1. The lowest BCUT2D eigenvalue weighted by atomic mass is 10.0. The predicted molar refractivity (Wildman–Crippen MR) is 118 cm³/mol. The number of aryl methyl sites for hydroxylation is 1. The predicted octanol–water partition coefficient (Wildman–Crippen LogP) is 6.42. The summed E-state index contributed by atoms with van der Waals surface area (Å²) in [6.45, 7) is 2.01. The molecule has 4 aromatic rings. The molecule has 1 heterocycles. The van der Waals surface area contributed by atoms with Crippen LogP contribution in [0.5, 0.6) is 5.75 Å². The zero-order valence-corrected chi connectivity index (χ0v) is 17.1. The Morgan fingerprint density at radius 2 is 1.74 bits per heavy atom. The Hall–Kier alpha value is -4.04. The maximum absolute atomic E-state index is 11.4. The van der Waals surface area contributed by atoms with E-state index in [0.29, 0.717) is 16.1 Å². The van der Waals surface area contributed by atoms with Crippen molar-refractivity contribution in [3.8, 4) is 38.7 Å². The number of nitro groups is 1. The summed E-state index contributed by atoms with van der Waals surface area (Å²) in [5, 5.41) is 23.2. The number of aromatic nitrogens is 1. The van der Waals surface area contributed by atoms with E-state index in [0.717, 1.165) is 16.8 Å². The van der Waals surface area contributed by atoms with Crippen molar-refractivity contribution in [2.45, 2.75) is 6.92 Å². The first-order chi connectivity index (χ1) is 14.9. The summed E-state index contributed by atoms with van der Waals surface area (Å²) < 4.78 is 4.97. The number of carboxylic acid groups (broad SMARTS) is 1. The van der Waals surface area contributed by atoms with Crippen molar-refractivity contribution >= 4 is 23.2 Å². The van der Waals surface area contributed by atoms with Crippen LogP contribution in [0.2, 0.25) is 0 Å². The molecule has 4 rings (SSSR count). The molecule has 0 amide bonds. The SMILES string of the molecule is Cc1ccc(-c2csc(-c3ccc(-c4ccccc4[N+](=O)[O-])c(OC(=O)O)c3)n2)cc1. The van der Waals surface area contributed by atoms with Gasteiger partial charge in [-0.3, -0.25) is 10.1 Å². The summed E-state index contributed by atoms with van der Waals surface area (Å²) in [5.41, 5.74) is 4.04. The van der Waals surface area contributed by atoms with Gasteiger partial charge in [-0.05, 0) is 25.1 Å². The first-order valence-corrected chi connectivity index (χ1v) is 10.1. The Morgan fingerprint density at radius 1 is 1.03 bits per heavy atom. The molecule has 3 aromatic carbocycles. The number of hydrogen-bond donors (Lipinski definition) is 1. The van der Waals surface area contributed by atoms with Gasteiger partial charge in [0.15, 0.2) is 0 Å². The third-order valence-electron chi connectivity index (χ3n) is 4.67. The molecule has 154 valence electrons. The number of carbonyl (C=O) groups is 1. The fourth-order valence-corrected chi connectivity index (χ4v) is 4.01. The van der Waals surface area contributed by atoms with Crippen LogP contribution in [0.4, 0.5) is 10.5 Å². The van der Waals surface area contributed by atoms with Crippen molar-refractivity contribution in [3.63, 3.8) is 0 Å². The van der Waals surface area contributed by atoms with Crippen LogP contribution in [0.3, 0.4) is 0 Å². The highest BCUT2D eigenvalue weighted by Gasteiger charge is 2.20.